The average Bonchev–Trinajstić information content (AvgIpc) is 2.99. The van der Waals surface area contributed by atoms with E-state index in [0.29, 0.717) is 0 Å². The topological polar surface area (TPSA) is 55.1 Å². The van der Waals surface area contributed by atoms with Crippen LogP contribution in [-0.4, -0.2) is 18.0 Å². The first-order valence-corrected chi connectivity index (χ1v) is 6.28. The highest BCUT2D eigenvalue weighted by Gasteiger charge is 2.45. The summed E-state index contributed by atoms with van der Waals surface area (Å²) in [5.74, 6) is 0.908. The Morgan fingerprint density at radius 3 is 2.53 bits per heavy atom. The highest BCUT2D eigenvalue weighted by Crippen LogP contribution is 2.32. The van der Waals surface area contributed by atoms with Gasteiger partial charge in [0.05, 0.1) is 5.54 Å². The van der Waals surface area contributed by atoms with Gasteiger partial charge in [0.15, 0.2) is 0 Å². The van der Waals surface area contributed by atoms with Crippen molar-refractivity contribution in [1.29, 1.82) is 0 Å². The third-order valence-electron chi connectivity index (χ3n) is 3.80. The van der Waals surface area contributed by atoms with Crippen molar-refractivity contribution in [2.75, 3.05) is 6.54 Å². The van der Waals surface area contributed by atoms with Crippen LogP contribution in [0.25, 0.3) is 0 Å². The number of hydrogen-bond donors (Lipinski definition) is 2. The normalized spacial score (nSPS) is 24.9. The Labute approximate surface area is 91.8 Å². The van der Waals surface area contributed by atoms with Crippen molar-refractivity contribution in [3.63, 3.8) is 0 Å². The van der Waals surface area contributed by atoms with E-state index in [2.05, 4.69) is 5.32 Å². The molecule has 1 amide bonds. The summed E-state index contributed by atoms with van der Waals surface area (Å²) < 4.78 is 0. The van der Waals surface area contributed by atoms with E-state index in [1.165, 1.54) is 32.1 Å². The lowest BCUT2D eigenvalue weighted by atomic mass is 9.87. The maximum absolute atomic E-state index is 11.5. The van der Waals surface area contributed by atoms with Crippen LogP contribution in [0.2, 0.25) is 0 Å². The minimum absolute atomic E-state index is 0.0679. The Hall–Kier alpha value is -0.570. The monoisotopic (exact) mass is 210 g/mol. The van der Waals surface area contributed by atoms with Crippen LogP contribution in [0.3, 0.4) is 0 Å². The number of carbonyl (C=O) groups excluding carboxylic acids is 1. The molecule has 0 aliphatic heterocycles. The highest BCUT2D eigenvalue weighted by molar-refractivity contribution is 5.88. The molecule has 0 unspecified atom stereocenters. The molecule has 86 valence electrons. The number of hydrogen-bond acceptors (Lipinski definition) is 2. The number of nitrogens with two attached hydrogens (primary N) is 1. The summed E-state index contributed by atoms with van der Waals surface area (Å²) in [6, 6.07) is 0. The van der Waals surface area contributed by atoms with Crippen LogP contribution in [-0.2, 0) is 4.79 Å². The first-order valence-electron chi connectivity index (χ1n) is 6.28. The summed E-state index contributed by atoms with van der Waals surface area (Å²) >= 11 is 0. The van der Waals surface area contributed by atoms with E-state index in [1.54, 1.807) is 0 Å². The van der Waals surface area contributed by atoms with Crippen LogP contribution in [0.5, 0.6) is 0 Å². The molecule has 2 aliphatic carbocycles. The minimum Gasteiger partial charge on any atom is -0.354 e. The van der Waals surface area contributed by atoms with E-state index in [-0.39, 0.29) is 5.91 Å². The van der Waals surface area contributed by atoms with Gasteiger partial charge in [0, 0.05) is 6.54 Å². The van der Waals surface area contributed by atoms with Crippen molar-refractivity contribution in [2.24, 2.45) is 11.7 Å². The molecular formula is C12H22N2O. The molecule has 0 saturated heterocycles. The lowest BCUT2D eigenvalue weighted by Gasteiger charge is -2.21. The third-order valence-corrected chi connectivity index (χ3v) is 3.80. The summed E-state index contributed by atoms with van der Waals surface area (Å²) in [5, 5.41) is 2.97. The fraction of sp³-hybridized carbons (Fsp3) is 0.917. The van der Waals surface area contributed by atoms with E-state index >= 15 is 0 Å². The number of rotatable bonds is 4. The lowest BCUT2D eigenvalue weighted by molar-refractivity contribution is -0.123. The minimum atomic E-state index is -0.493. The van der Waals surface area contributed by atoms with Gasteiger partial charge in [-0.15, -0.1) is 0 Å². The predicted molar refractivity (Wildman–Crippen MR) is 60.4 cm³/mol. The molecule has 2 fully saturated rings. The van der Waals surface area contributed by atoms with Crippen molar-refractivity contribution in [3.05, 3.63) is 0 Å². The van der Waals surface area contributed by atoms with E-state index in [0.717, 1.165) is 31.7 Å². The smallest absolute Gasteiger partial charge is 0.240 e. The Morgan fingerprint density at radius 2 is 1.93 bits per heavy atom. The fourth-order valence-corrected chi connectivity index (χ4v) is 2.40. The van der Waals surface area contributed by atoms with Crippen molar-refractivity contribution < 1.29 is 4.79 Å². The third kappa shape index (κ3) is 2.94. The molecule has 3 N–H and O–H groups in total. The second-order valence-corrected chi connectivity index (χ2v) is 5.20. The van der Waals surface area contributed by atoms with Crippen LogP contribution in [0.4, 0.5) is 0 Å². The summed E-state index contributed by atoms with van der Waals surface area (Å²) in [5.41, 5.74) is 5.30. The Bertz CT molecular complexity index is 230. The SMILES string of the molecule is NC1(C(=O)NCCC2CCCCC2)CC1. The van der Waals surface area contributed by atoms with Gasteiger partial charge in [-0.1, -0.05) is 32.1 Å². The zero-order valence-electron chi connectivity index (χ0n) is 9.43. The van der Waals surface area contributed by atoms with E-state index in [9.17, 15) is 4.79 Å². The quantitative estimate of drug-likeness (QED) is 0.740. The van der Waals surface area contributed by atoms with Gasteiger partial charge in [0.1, 0.15) is 0 Å². The van der Waals surface area contributed by atoms with E-state index in [1.807, 2.05) is 0 Å². The van der Waals surface area contributed by atoms with Crippen molar-refractivity contribution >= 4 is 5.91 Å². The molecule has 2 rings (SSSR count). The standard InChI is InChI=1S/C12H22N2O/c13-12(7-8-12)11(15)14-9-6-10-4-2-1-3-5-10/h10H,1-9,13H2,(H,14,15). The molecule has 0 aromatic heterocycles. The van der Waals surface area contributed by atoms with Crippen LogP contribution in [0.1, 0.15) is 51.4 Å². The van der Waals surface area contributed by atoms with Gasteiger partial charge >= 0.3 is 0 Å². The lowest BCUT2D eigenvalue weighted by Crippen LogP contribution is -2.43. The maximum atomic E-state index is 11.5. The molecule has 0 spiro atoms. The van der Waals surface area contributed by atoms with Gasteiger partial charge in [-0.05, 0) is 25.2 Å². The molecule has 0 heterocycles. The van der Waals surface area contributed by atoms with Gasteiger partial charge in [-0.3, -0.25) is 4.79 Å². The fourth-order valence-electron chi connectivity index (χ4n) is 2.40. The van der Waals surface area contributed by atoms with Gasteiger partial charge in [0.25, 0.3) is 0 Å². The highest BCUT2D eigenvalue weighted by atomic mass is 16.2. The van der Waals surface area contributed by atoms with Gasteiger partial charge < -0.3 is 11.1 Å². The van der Waals surface area contributed by atoms with Crippen molar-refractivity contribution in [2.45, 2.75) is 56.9 Å². The first-order chi connectivity index (χ1) is 7.21. The maximum Gasteiger partial charge on any atom is 0.240 e. The van der Waals surface area contributed by atoms with Gasteiger partial charge in [-0.2, -0.15) is 0 Å². The second-order valence-electron chi connectivity index (χ2n) is 5.20. The Morgan fingerprint density at radius 1 is 1.27 bits per heavy atom. The summed E-state index contributed by atoms with van der Waals surface area (Å²) in [6.07, 6.45) is 9.72. The summed E-state index contributed by atoms with van der Waals surface area (Å²) in [4.78, 5) is 11.5. The zero-order chi connectivity index (χ0) is 10.7. The second kappa shape index (κ2) is 4.52. The predicted octanol–water partition coefficient (Wildman–Crippen LogP) is 1.56. The Balaban J connectivity index is 1.59. The first kappa shape index (κ1) is 10.9. The number of carbonyl (C=O) groups is 1. The molecule has 0 bridgehead atoms. The van der Waals surface area contributed by atoms with E-state index in [4.69, 9.17) is 5.73 Å². The largest absolute Gasteiger partial charge is 0.354 e. The molecule has 0 aromatic rings. The van der Waals surface area contributed by atoms with E-state index < -0.39 is 5.54 Å². The number of amides is 1. The van der Waals surface area contributed by atoms with Crippen molar-refractivity contribution in [3.8, 4) is 0 Å². The van der Waals surface area contributed by atoms with Crippen LogP contribution < -0.4 is 11.1 Å². The summed E-state index contributed by atoms with van der Waals surface area (Å²) in [6.45, 7) is 0.822. The average molecular weight is 210 g/mol. The molecule has 15 heavy (non-hydrogen) atoms. The Kier molecular flexibility index (Phi) is 3.29. The van der Waals surface area contributed by atoms with Crippen molar-refractivity contribution in [1.82, 2.24) is 5.32 Å². The number of nitrogens with one attached hydrogen (secondary N) is 1. The zero-order valence-corrected chi connectivity index (χ0v) is 9.43. The molecule has 0 radical (unpaired) electrons. The van der Waals surface area contributed by atoms with Gasteiger partial charge in [0.2, 0.25) is 5.91 Å². The van der Waals surface area contributed by atoms with Gasteiger partial charge in [-0.25, -0.2) is 0 Å². The molecule has 2 saturated carbocycles. The molecule has 0 atom stereocenters. The summed E-state index contributed by atoms with van der Waals surface area (Å²) in [7, 11) is 0. The van der Waals surface area contributed by atoms with Crippen LogP contribution in [0.15, 0.2) is 0 Å². The molecule has 2 aliphatic rings. The molecule has 3 nitrogen and oxygen atoms in total. The van der Waals surface area contributed by atoms with Crippen LogP contribution >= 0.6 is 0 Å². The molecule has 3 heteroatoms. The molecular weight excluding hydrogens is 188 g/mol. The molecule has 0 aromatic carbocycles. The van der Waals surface area contributed by atoms with Crippen LogP contribution in [0, 0.1) is 5.92 Å².